The number of benzene rings is 1. The van der Waals surface area contributed by atoms with Crippen molar-refractivity contribution in [1.82, 2.24) is 10.1 Å². The zero-order valence-electron chi connectivity index (χ0n) is 10.6. The Morgan fingerprint density at radius 1 is 1.28 bits per heavy atom. The van der Waals surface area contributed by atoms with E-state index in [1.165, 1.54) is 5.56 Å². The molecule has 2 aromatic rings. The minimum Gasteiger partial charge on any atom is -0.381 e. The molecule has 1 fully saturated rings. The van der Waals surface area contributed by atoms with Crippen LogP contribution in [0.3, 0.4) is 0 Å². The molecule has 0 N–H and O–H groups in total. The third kappa shape index (κ3) is 2.04. The number of rotatable bonds is 2. The van der Waals surface area contributed by atoms with Gasteiger partial charge in [-0.15, -0.1) is 0 Å². The van der Waals surface area contributed by atoms with E-state index in [2.05, 4.69) is 42.2 Å². The third-order valence-electron chi connectivity index (χ3n) is 3.36. The molecule has 1 aliphatic heterocycles. The van der Waals surface area contributed by atoms with E-state index in [4.69, 9.17) is 9.26 Å². The summed E-state index contributed by atoms with van der Waals surface area (Å²) in [5, 5.41) is 4.08. The van der Waals surface area contributed by atoms with Crippen molar-refractivity contribution in [1.29, 1.82) is 0 Å². The van der Waals surface area contributed by atoms with E-state index in [9.17, 15) is 0 Å². The van der Waals surface area contributed by atoms with Crippen LogP contribution >= 0.6 is 0 Å². The number of aromatic nitrogens is 2. The molecule has 0 spiro atoms. The second-order valence-corrected chi connectivity index (χ2v) is 4.84. The number of nitrogens with zero attached hydrogens (tertiary/aromatic N) is 2. The summed E-state index contributed by atoms with van der Waals surface area (Å²) in [5.41, 5.74) is 3.37. The van der Waals surface area contributed by atoms with Gasteiger partial charge in [-0.05, 0) is 31.9 Å². The summed E-state index contributed by atoms with van der Waals surface area (Å²) in [7, 11) is 0. The average Bonchev–Trinajstić information content (AvgIpc) is 3.00. The van der Waals surface area contributed by atoms with Crippen molar-refractivity contribution in [3.63, 3.8) is 0 Å². The molecule has 1 aromatic heterocycles. The van der Waals surface area contributed by atoms with E-state index in [1.807, 2.05) is 0 Å². The van der Waals surface area contributed by atoms with Crippen LogP contribution in [0.2, 0.25) is 0 Å². The van der Waals surface area contributed by atoms with Crippen LogP contribution in [-0.2, 0) is 4.74 Å². The van der Waals surface area contributed by atoms with Gasteiger partial charge in [0, 0.05) is 18.1 Å². The van der Waals surface area contributed by atoms with Crippen LogP contribution in [0.25, 0.3) is 11.5 Å². The molecular formula is C14H16N2O2. The molecule has 1 saturated heterocycles. The number of aryl methyl sites for hydroxylation is 2. The zero-order chi connectivity index (χ0) is 12.5. The number of hydrogen-bond acceptors (Lipinski definition) is 4. The Bertz CT molecular complexity index is 557. The second kappa shape index (κ2) is 4.53. The van der Waals surface area contributed by atoms with Crippen LogP contribution in [0.5, 0.6) is 0 Å². The van der Waals surface area contributed by atoms with Crippen LogP contribution in [0.4, 0.5) is 0 Å². The van der Waals surface area contributed by atoms with Gasteiger partial charge in [0.25, 0.3) is 5.89 Å². The van der Waals surface area contributed by atoms with E-state index in [1.54, 1.807) is 0 Å². The summed E-state index contributed by atoms with van der Waals surface area (Å²) in [4.78, 5) is 4.51. The van der Waals surface area contributed by atoms with Gasteiger partial charge < -0.3 is 9.26 Å². The summed E-state index contributed by atoms with van der Waals surface area (Å²) in [6.45, 7) is 5.60. The number of hydrogen-bond donors (Lipinski definition) is 0. The molecule has 2 heterocycles. The van der Waals surface area contributed by atoms with Crippen molar-refractivity contribution < 1.29 is 9.26 Å². The second-order valence-electron chi connectivity index (χ2n) is 4.84. The van der Waals surface area contributed by atoms with Gasteiger partial charge in [-0.25, -0.2) is 0 Å². The maximum atomic E-state index is 5.38. The first-order chi connectivity index (χ1) is 8.74. The van der Waals surface area contributed by atoms with Crippen LogP contribution < -0.4 is 0 Å². The molecule has 4 nitrogen and oxygen atoms in total. The van der Waals surface area contributed by atoms with Gasteiger partial charge in [0.15, 0.2) is 5.82 Å². The molecule has 0 radical (unpaired) electrons. The summed E-state index contributed by atoms with van der Waals surface area (Å²) in [5.74, 6) is 1.66. The van der Waals surface area contributed by atoms with Crippen molar-refractivity contribution in [3.05, 3.63) is 35.2 Å². The Kier molecular flexibility index (Phi) is 2.88. The Hall–Kier alpha value is -1.68. The molecule has 0 unspecified atom stereocenters. The zero-order valence-corrected chi connectivity index (χ0v) is 10.6. The quantitative estimate of drug-likeness (QED) is 0.815. The molecule has 1 atom stereocenters. The van der Waals surface area contributed by atoms with Gasteiger partial charge in [0.05, 0.1) is 6.61 Å². The summed E-state index contributed by atoms with van der Waals surface area (Å²) >= 11 is 0. The first kappa shape index (κ1) is 11.4. The topological polar surface area (TPSA) is 48.2 Å². The predicted octanol–water partition coefficient (Wildman–Crippen LogP) is 2.86. The van der Waals surface area contributed by atoms with Crippen LogP contribution in [-0.4, -0.2) is 23.4 Å². The van der Waals surface area contributed by atoms with Gasteiger partial charge in [-0.3, -0.25) is 0 Å². The highest BCUT2D eigenvalue weighted by molar-refractivity contribution is 5.59. The van der Waals surface area contributed by atoms with Crippen molar-refractivity contribution in [3.8, 4) is 11.5 Å². The highest BCUT2D eigenvalue weighted by Gasteiger charge is 2.23. The van der Waals surface area contributed by atoms with E-state index >= 15 is 0 Å². The molecule has 0 amide bonds. The van der Waals surface area contributed by atoms with Gasteiger partial charge in [0.2, 0.25) is 0 Å². The van der Waals surface area contributed by atoms with Gasteiger partial charge in [-0.1, -0.05) is 22.9 Å². The van der Waals surface area contributed by atoms with Gasteiger partial charge in [0.1, 0.15) is 0 Å². The fourth-order valence-corrected chi connectivity index (χ4v) is 2.21. The maximum absolute atomic E-state index is 5.38. The highest BCUT2D eigenvalue weighted by Crippen LogP contribution is 2.27. The smallest absolute Gasteiger partial charge is 0.258 e. The first-order valence-corrected chi connectivity index (χ1v) is 6.23. The average molecular weight is 244 g/mol. The lowest BCUT2D eigenvalue weighted by Crippen LogP contribution is -1.99. The van der Waals surface area contributed by atoms with Crippen molar-refractivity contribution >= 4 is 0 Å². The Morgan fingerprint density at radius 3 is 2.94 bits per heavy atom. The fraction of sp³-hybridized carbons (Fsp3) is 0.429. The van der Waals surface area contributed by atoms with Crippen LogP contribution in [0.1, 0.15) is 29.3 Å². The van der Waals surface area contributed by atoms with Crippen molar-refractivity contribution in [2.75, 3.05) is 13.2 Å². The maximum Gasteiger partial charge on any atom is 0.258 e. The molecule has 0 bridgehead atoms. The van der Waals surface area contributed by atoms with E-state index in [0.717, 1.165) is 30.0 Å². The standard InChI is InChI=1S/C14H16N2O2/c1-9-3-4-10(2)12(7-9)14-15-13(16-18-14)11-5-6-17-8-11/h3-4,7,11H,5-6,8H2,1-2H3/t11-/m0/s1. The SMILES string of the molecule is Cc1ccc(C)c(-c2nc([C@H]3CCOC3)no2)c1. The Morgan fingerprint density at radius 2 is 2.17 bits per heavy atom. The molecule has 1 aliphatic rings. The van der Waals surface area contributed by atoms with E-state index < -0.39 is 0 Å². The summed E-state index contributed by atoms with van der Waals surface area (Å²) in [6, 6.07) is 6.24. The monoisotopic (exact) mass is 244 g/mol. The minimum absolute atomic E-state index is 0.285. The number of ether oxygens (including phenoxy) is 1. The molecule has 0 aliphatic carbocycles. The lowest BCUT2D eigenvalue weighted by atomic mass is 10.1. The third-order valence-corrected chi connectivity index (χ3v) is 3.36. The van der Waals surface area contributed by atoms with Crippen molar-refractivity contribution in [2.45, 2.75) is 26.2 Å². The minimum atomic E-state index is 0.285. The van der Waals surface area contributed by atoms with Crippen LogP contribution in [0.15, 0.2) is 22.7 Å². The van der Waals surface area contributed by atoms with E-state index in [-0.39, 0.29) is 5.92 Å². The lowest BCUT2D eigenvalue weighted by molar-refractivity contribution is 0.192. The normalized spacial score (nSPS) is 19.3. The summed E-state index contributed by atoms with van der Waals surface area (Å²) < 4.78 is 10.7. The van der Waals surface area contributed by atoms with Gasteiger partial charge >= 0.3 is 0 Å². The lowest BCUT2D eigenvalue weighted by Gasteiger charge is -2.01. The largest absolute Gasteiger partial charge is 0.381 e. The molecule has 3 rings (SSSR count). The molecule has 94 valence electrons. The molecule has 1 aromatic carbocycles. The highest BCUT2D eigenvalue weighted by atomic mass is 16.5. The molecule has 4 heteroatoms. The summed E-state index contributed by atoms with van der Waals surface area (Å²) in [6.07, 6.45) is 0.978. The van der Waals surface area contributed by atoms with Crippen LogP contribution in [0, 0.1) is 13.8 Å². The molecule has 0 saturated carbocycles. The van der Waals surface area contributed by atoms with Crippen molar-refractivity contribution in [2.24, 2.45) is 0 Å². The molecular weight excluding hydrogens is 228 g/mol. The predicted molar refractivity (Wildman–Crippen MR) is 67.4 cm³/mol. The van der Waals surface area contributed by atoms with Gasteiger partial charge in [-0.2, -0.15) is 4.98 Å². The Labute approximate surface area is 106 Å². The van der Waals surface area contributed by atoms with E-state index in [0.29, 0.717) is 12.5 Å². The first-order valence-electron chi connectivity index (χ1n) is 6.23. The Balaban J connectivity index is 1.94. The molecule has 18 heavy (non-hydrogen) atoms. The fourth-order valence-electron chi connectivity index (χ4n) is 2.21.